The molecule has 0 aromatic carbocycles. The van der Waals surface area contributed by atoms with Gasteiger partial charge in [-0.05, 0) is 18.6 Å². The van der Waals surface area contributed by atoms with Crippen molar-refractivity contribution in [1.82, 2.24) is 10.3 Å². The van der Waals surface area contributed by atoms with Crippen LogP contribution in [0.3, 0.4) is 0 Å². The van der Waals surface area contributed by atoms with Crippen LogP contribution in [-0.2, 0) is 11.3 Å². The monoisotopic (exact) mass is 240 g/mol. The molecule has 0 saturated carbocycles. The SMILES string of the molecule is C=C(C)COCCNCc1ccncc1Cl. The lowest BCUT2D eigenvalue weighted by Gasteiger charge is -2.07. The number of nitrogens with zero attached hydrogens (tertiary/aromatic N) is 1. The Balaban J connectivity index is 2.12. The zero-order valence-corrected chi connectivity index (χ0v) is 10.3. The fourth-order valence-corrected chi connectivity index (χ4v) is 1.35. The van der Waals surface area contributed by atoms with Gasteiger partial charge in [-0.3, -0.25) is 4.98 Å². The maximum Gasteiger partial charge on any atom is 0.0672 e. The molecule has 0 aliphatic rings. The van der Waals surface area contributed by atoms with Crippen molar-refractivity contribution in [2.45, 2.75) is 13.5 Å². The van der Waals surface area contributed by atoms with Crippen molar-refractivity contribution in [2.24, 2.45) is 0 Å². The fourth-order valence-electron chi connectivity index (χ4n) is 1.16. The number of rotatable bonds is 7. The molecule has 0 radical (unpaired) electrons. The molecule has 1 N–H and O–H groups in total. The molecule has 4 heteroatoms. The molecule has 0 aliphatic carbocycles. The van der Waals surface area contributed by atoms with E-state index in [1.807, 2.05) is 13.0 Å². The van der Waals surface area contributed by atoms with E-state index in [9.17, 15) is 0 Å². The van der Waals surface area contributed by atoms with Gasteiger partial charge in [-0.2, -0.15) is 0 Å². The minimum Gasteiger partial charge on any atom is -0.376 e. The van der Waals surface area contributed by atoms with Crippen LogP contribution in [-0.4, -0.2) is 24.7 Å². The van der Waals surface area contributed by atoms with Crippen LogP contribution in [0.5, 0.6) is 0 Å². The largest absolute Gasteiger partial charge is 0.376 e. The number of nitrogens with one attached hydrogen (secondary N) is 1. The zero-order chi connectivity index (χ0) is 11.8. The molecule has 1 heterocycles. The molecule has 0 aliphatic heterocycles. The van der Waals surface area contributed by atoms with E-state index in [0.717, 1.165) is 24.2 Å². The second kappa shape index (κ2) is 7.39. The van der Waals surface area contributed by atoms with Gasteiger partial charge in [-0.25, -0.2) is 0 Å². The summed E-state index contributed by atoms with van der Waals surface area (Å²) in [5.74, 6) is 0. The molecule has 0 atom stereocenters. The molecule has 1 aromatic rings. The van der Waals surface area contributed by atoms with E-state index in [1.54, 1.807) is 12.4 Å². The Labute approximate surface area is 101 Å². The molecule has 3 nitrogen and oxygen atoms in total. The molecular weight excluding hydrogens is 224 g/mol. The lowest BCUT2D eigenvalue weighted by molar-refractivity contribution is 0.158. The highest BCUT2D eigenvalue weighted by Gasteiger charge is 1.98. The van der Waals surface area contributed by atoms with Crippen LogP contribution in [0.15, 0.2) is 30.6 Å². The standard InChI is InChI=1S/C12H17ClN2O/c1-10(2)9-16-6-5-15-7-11-3-4-14-8-12(11)13/h3-4,8,15H,1,5-7,9H2,2H3. The summed E-state index contributed by atoms with van der Waals surface area (Å²) >= 11 is 5.96. The minimum absolute atomic E-state index is 0.623. The lowest BCUT2D eigenvalue weighted by atomic mass is 10.3. The number of ether oxygens (including phenoxy) is 1. The van der Waals surface area contributed by atoms with Gasteiger partial charge in [0.05, 0.1) is 18.2 Å². The van der Waals surface area contributed by atoms with Crippen molar-refractivity contribution in [3.63, 3.8) is 0 Å². The molecule has 0 amide bonds. The van der Waals surface area contributed by atoms with Gasteiger partial charge in [-0.1, -0.05) is 23.8 Å². The van der Waals surface area contributed by atoms with Crippen molar-refractivity contribution in [3.8, 4) is 0 Å². The number of hydrogen-bond acceptors (Lipinski definition) is 3. The van der Waals surface area contributed by atoms with Crippen molar-refractivity contribution in [1.29, 1.82) is 0 Å². The third-order valence-electron chi connectivity index (χ3n) is 1.94. The van der Waals surface area contributed by atoms with Crippen molar-refractivity contribution >= 4 is 11.6 Å². The molecule has 88 valence electrons. The molecular formula is C12H17ClN2O. The normalized spacial score (nSPS) is 10.4. The predicted molar refractivity (Wildman–Crippen MR) is 66.6 cm³/mol. The zero-order valence-electron chi connectivity index (χ0n) is 9.50. The van der Waals surface area contributed by atoms with Crippen LogP contribution in [0.1, 0.15) is 12.5 Å². The molecule has 1 aromatic heterocycles. The summed E-state index contributed by atoms with van der Waals surface area (Å²) in [6, 6.07) is 1.91. The van der Waals surface area contributed by atoms with Crippen LogP contribution in [0.2, 0.25) is 5.02 Å². The van der Waals surface area contributed by atoms with Gasteiger partial charge in [0.15, 0.2) is 0 Å². The first kappa shape index (κ1) is 13.2. The van der Waals surface area contributed by atoms with Gasteiger partial charge in [0.25, 0.3) is 0 Å². The Bertz CT molecular complexity index is 342. The lowest BCUT2D eigenvalue weighted by Crippen LogP contribution is -2.19. The maximum atomic E-state index is 5.96. The second-order valence-electron chi connectivity index (χ2n) is 3.65. The third kappa shape index (κ3) is 5.26. The van der Waals surface area contributed by atoms with Crippen LogP contribution >= 0.6 is 11.6 Å². The number of halogens is 1. The first-order valence-electron chi connectivity index (χ1n) is 5.21. The Morgan fingerprint density at radius 1 is 1.62 bits per heavy atom. The smallest absolute Gasteiger partial charge is 0.0672 e. The summed E-state index contributed by atoms with van der Waals surface area (Å²) in [4.78, 5) is 3.93. The fraction of sp³-hybridized carbons (Fsp3) is 0.417. The van der Waals surface area contributed by atoms with Crippen molar-refractivity contribution in [3.05, 3.63) is 41.2 Å². The van der Waals surface area contributed by atoms with Crippen molar-refractivity contribution in [2.75, 3.05) is 19.8 Å². The Hall–Kier alpha value is -0.900. The van der Waals surface area contributed by atoms with Gasteiger partial charge in [0, 0.05) is 25.5 Å². The average molecular weight is 241 g/mol. The highest BCUT2D eigenvalue weighted by atomic mass is 35.5. The van der Waals surface area contributed by atoms with Crippen LogP contribution in [0.4, 0.5) is 0 Å². The van der Waals surface area contributed by atoms with Gasteiger partial charge in [0.2, 0.25) is 0 Å². The second-order valence-corrected chi connectivity index (χ2v) is 4.06. The summed E-state index contributed by atoms with van der Waals surface area (Å²) in [7, 11) is 0. The number of hydrogen-bond donors (Lipinski definition) is 1. The van der Waals surface area contributed by atoms with E-state index < -0.39 is 0 Å². The highest BCUT2D eigenvalue weighted by molar-refractivity contribution is 6.31. The summed E-state index contributed by atoms with van der Waals surface area (Å²) in [5, 5.41) is 3.94. The first-order valence-corrected chi connectivity index (χ1v) is 5.59. The summed E-state index contributed by atoms with van der Waals surface area (Å²) in [5.41, 5.74) is 2.09. The van der Waals surface area contributed by atoms with E-state index >= 15 is 0 Å². The van der Waals surface area contributed by atoms with E-state index in [2.05, 4.69) is 16.9 Å². The van der Waals surface area contributed by atoms with Crippen LogP contribution < -0.4 is 5.32 Å². The van der Waals surface area contributed by atoms with E-state index in [-0.39, 0.29) is 0 Å². The molecule has 0 spiro atoms. The predicted octanol–water partition coefficient (Wildman–Crippen LogP) is 2.42. The van der Waals surface area contributed by atoms with Crippen LogP contribution in [0, 0.1) is 0 Å². The summed E-state index contributed by atoms with van der Waals surface area (Å²) in [6.07, 6.45) is 3.39. The summed E-state index contributed by atoms with van der Waals surface area (Å²) in [6.45, 7) is 8.54. The first-order chi connectivity index (χ1) is 7.70. The van der Waals surface area contributed by atoms with Gasteiger partial charge < -0.3 is 10.1 Å². The van der Waals surface area contributed by atoms with E-state index in [4.69, 9.17) is 16.3 Å². The Kier molecular flexibility index (Phi) is 6.08. The van der Waals surface area contributed by atoms with Gasteiger partial charge >= 0.3 is 0 Å². The minimum atomic E-state index is 0.623. The summed E-state index contributed by atoms with van der Waals surface area (Å²) < 4.78 is 5.36. The number of pyridine rings is 1. The maximum absolute atomic E-state index is 5.96. The van der Waals surface area contributed by atoms with E-state index in [1.165, 1.54) is 0 Å². The Morgan fingerprint density at radius 3 is 3.12 bits per heavy atom. The molecule has 0 unspecified atom stereocenters. The van der Waals surface area contributed by atoms with E-state index in [0.29, 0.717) is 18.2 Å². The molecule has 0 saturated heterocycles. The number of aromatic nitrogens is 1. The molecule has 0 fully saturated rings. The third-order valence-corrected chi connectivity index (χ3v) is 2.28. The molecule has 0 bridgehead atoms. The van der Waals surface area contributed by atoms with Gasteiger partial charge in [-0.15, -0.1) is 0 Å². The average Bonchev–Trinajstić information content (AvgIpc) is 2.25. The Morgan fingerprint density at radius 2 is 2.44 bits per heavy atom. The van der Waals surface area contributed by atoms with Crippen molar-refractivity contribution < 1.29 is 4.74 Å². The topological polar surface area (TPSA) is 34.1 Å². The quantitative estimate of drug-likeness (QED) is 0.587. The van der Waals surface area contributed by atoms with Gasteiger partial charge in [0.1, 0.15) is 0 Å². The molecule has 16 heavy (non-hydrogen) atoms. The van der Waals surface area contributed by atoms with Crippen LogP contribution in [0.25, 0.3) is 0 Å². The molecule has 1 rings (SSSR count). The highest BCUT2D eigenvalue weighted by Crippen LogP contribution is 2.12.